The van der Waals surface area contributed by atoms with Crippen LogP contribution in [0.5, 0.6) is 46.0 Å². The first-order valence-corrected chi connectivity index (χ1v) is 50.8. The molecule has 0 aliphatic heterocycles. The fourth-order valence-electron chi connectivity index (χ4n) is 20.1. The summed E-state index contributed by atoms with van der Waals surface area (Å²) in [6.07, 6.45) is 55.8. The number of sulfone groups is 2. The van der Waals surface area contributed by atoms with E-state index in [1.807, 2.05) is 30.6 Å². The smallest absolute Gasteiger partial charge is 0.180 e. The summed E-state index contributed by atoms with van der Waals surface area (Å²) in [6.45, 7) is 2.26. The van der Waals surface area contributed by atoms with E-state index in [4.69, 9.17) is 72.2 Å². The lowest BCUT2D eigenvalue weighted by atomic mass is 9.90. The van der Waals surface area contributed by atoms with Crippen LogP contribution >= 0.6 is 58.0 Å². The number of halogens is 5. The second-order valence-electron chi connectivity index (χ2n) is 35.8. The van der Waals surface area contributed by atoms with Crippen molar-refractivity contribution in [3.05, 3.63) is 230 Å². The van der Waals surface area contributed by atoms with Gasteiger partial charge in [0, 0.05) is 134 Å². The normalized spacial score (nSPS) is 17.7. The topological polar surface area (TPSA) is 309 Å². The van der Waals surface area contributed by atoms with Crippen molar-refractivity contribution in [1.82, 2.24) is 39.9 Å². The first-order chi connectivity index (χ1) is 62.6. The van der Waals surface area contributed by atoms with Crippen LogP contribution in [0, 0.1) is 29.6 Å². The van der Waals surface area contributed by atoms with E-state index in [1.165, 1.54) is 128 Å². The molecule has 5 saturated carbocycles. The van der Waals surface area contributed by atoms with Gasteiger partial charge in [-0.3, -0.25) is 24.9 Å². The number of nitrogens with zero attached hydrogens (tertiary/aromatic N) is 5. The monoisotopic (exact) mass is 1880 g/mol. The number of phenols is 5. The number of H-pyrrole nitrogens is 3. The van der Waals surface area contributed by atoms with Crippen molar-refractivity contribution in [2.45, 2.75) is 208 Å². The summed E-state index contributed by atoms with van der Waals surface area (Å²) in [4.78, 5) is 31.1. The molecular formula is C102H111Cl5N8O12S2. The van der Waals surface area contributed by atoms with Gasteiger partial charge in [-0.25, -0.2) is 16.8 Å². The van der Waals surface area contributed by atoms with Crippen molar-refractivity contribution in [2.24, 2.45) is 29.6 Å². The van der Waals surface area contributed by atoms with E-state index in [9.17, 15) is 42.4 Å². The molecule has 5 aromatic carbocycles. The minimum atomic E-state index is -3.41. The Balaban J connectivity index is 0.000000118. The number of rotatable bonds is 20. The van der Waals surface area contributed by atoms with Crippen LogP contribution in [0.2, 0.25) is 25.1 Å². The molecule has 129 heavy (non-hydrogen) atoms. The summed E-state index contributed by atoms with van der Waals surface area (Å²) in [7, 11) is -6.76. The third-order valence-corrected chi connectivity index (χ3v) is 32.3. The van der Waals surface area contributed by atoms with Gasteiger partial charge in [0.25, 0.3) is 0 Å². The summed E-state index contributed by atoms with van der Waals surface area (Å²) >= 11 is 31.3. The van der Waals surface area contributed by atoms with Crippen LogP contribution in [0.4, 0.5) is 0 Å². The van der Waals surface area contributed by atoms with Gasteiger partial charge in [-0.1, -0.05) is 154 Å². The summed E-state index contributed by atoms with van der Waals surface area (Å²) in [5.41, 5.74) is 12.3. The lowest BCUT2D eigenvalue weighted by Crippen LogP contribution is -2.19. The molecule has 0 spiro atoms. The van der Waals surface area contributed by atoms with Gasteiger partial charge in [-0.05, 0) is 233 Å². The Hall–Kier alpha value is -9.78. The number of aromatic hydroxyl groups is 5. The van der Waals surface area contributed by atoms with E-state index in [0.717, 1.165) is 180 Å². The maximum atomic E-state index is 12.9. The number of benzene rings is 5. The van der Waals surface area contributed by atoms with Gasteiger partial charge in [0.2, 0.25) is 0 Å². The lowest BCUT2D eigenvalue weighted by molar-refractivity contribution is 0.208. The minimum Gasteiger partial charge on any atom is -0.508 e. The molecule has 0 bridgehead atoms. The van der Waals surface area contributed by atoms with Gasteiger partial charge in [0.1, 0.15) is 46.0 Å². The zero-order valence-electron chi connectivity index (χ0n) is 72.3. The van der Waals surface area contributed by atoms with E-state index < -0.39 is 19.7 Å². The highest BCUT2D eigenvalue weighted by Crippen LogP contribution is 2.50. The van der Waals surface area contributed by atoms with Gasteiger partial charge in [0.15, 0.2) is 19.7 Å². The molecule has 0 amide bonds. The Bertz CT molecular complexity index is 6320. The number of phenolic OH excluding ortho intramolecular Hbond substituents is 5. The standard InChI is InChI=1S/C21H24ClNO3S.C21H24ClNO2.C20H21ClN2O3S.2C20H21ClN2O2/c22-19-8-9-20(24)21-17(6-7-18(19)21)15-10-16(12-23-11-15)27(25,26)13-14-4-2-1-3-5-14;22-19-8-9-20(24)21-17(6-7-18(19)21)15-10-16(12-23-11-15)25-13-14-4-2-1-3-5-14;21-17-6-7-18(24)19-16(11-23-20(17)19)14-8-15(10-22-9-14)27(25,26)12-13-4-2-1-3-5-13;21-18-9-17(20(24)16-6-7-23-19(16)18)14-8-15(11-22-10-14)25-12-13-4-2-1-3-5-13;21-17-6-7-18(24)19-16(11-23-20(17)19)14-8-15(10-22-9-14)25-12-13-4-2-1-3-5-13/h8-12,14,17,24H,1-7,13H2;8-12,14,17,24H,1-7,13H2;6-11,13,23-24H,1-5,12H2;2*6-11,13,23-24H,1-5,12H2. The SMILES string of the molecule is O=S(=O)(CC1CCCCC1)c1cncc(-c2c[nH]c3c(Cl)ccc(O)c23)c1.O=S(=O)(CC1CCCCC1)c1cncc(C2CCc3c(Cl)ccc(O)c32)c1.Oc1c(-c2cncc(OCC3CCCCC3)c2)cc(Cl)c2[nH]ccc12.Oc1ccc(Cl)c2[nH]cc(-c3cncc(OCC4CCCCC4)c3)c12.Oc1ccc(Cl)c2c1C(c1cncc(OCC3CCCCC3)c1)CC2. The van der Waals surface area contributed by atoms with Crippen molar-refractivity contribution >= 4 is 110 Å². The molecular weight excluding hydrogens is 1770 g/mol. The third-order valence-electron chi connectivity index (χ3n) is 27.0. The molecule has 678 valence electrons. The zero-order chi connectivity index (χ0) is 89.7. The molecule has 0 saturated heterocycles. The van der Waals surface area contributed by atoms with Crippen molar-refractivity contribution in [3.8, 4) is 79.4 Å². The number of aromatic amines is 3. The molecule has 2 unspecified atom stereocenters. The van der Waals surface area contributed by atoms with E-state index in [1.54, 1.807) is 116 Å². The number of fused-ring (bicyclic) bond motifs is 5. The van der Waals surface area contributed by atoms with E-state index in [2.05, 4.69) is 45.9 Å². The first kappa shape index (κ1) is 92.5. The molecule has 8 N–H and O–H groups in total. The molecule has 2 atom stereocenters. The van der Waals surface area contributed by atoms with Gasteiger partial charge < -0.3 is 54.7 Å². The Morgan fingerprint density at radius 2 is 0.705 bits per heavy atom. The quantitative estimate of drug-likeness (QED) is 0.0352. The average molecular weight is 1880 g/mol. The Labute approximate surface area is 779 Å². The summed E-state index contributed by atoms with van der Waals surface area (Å²) in [6, 6.07) is 26.1. The minimum absolute atomic E-state index is 0.0731. The van der Waals surface area contributed by atoms with E-state index >= 15 is 0 Å². The van der Waals surface area contributed by atoms with Crippen LogP contribution in [0.3, 0.4) is 0 Å². The largest absolute Gasteiger partial charge is 0.508 e. The number of nitrogens with one attached hydrogen (secondary N) is 3. The summed E-state index contributed by atoms with van der Waals surface area (Å²) < 4.78 is 69.6. The first-order valence-electron chi connectivity index (χ1n) is 45.6. The fraction of sp³-hybridized carbons (Fsp3) is 0.402. The van der Waals surface area contributed by atoms with Gasteiger partial charge in [0.05, 0.1) is 102 Å². The highest BCUT2D eigenvalue weighted by atomic mass is 35.5. The van der Waals surface area contributed by atoms with Gasteiger partial charge in [-0.2, -0.15) is 0 Å². The van der Waals surface area contributed by atoms with Crippen LogP contribution in [0.1, 0.15) is 219 Å². The van der Waals surface area contributed by atoms with Crippen molar-refractivity contribution < 1.29 is 56.6 Å². The predicted octanol–water partition coefficient (Wildman–Crippen LogP) is 26.4. The summed E-state index contributed by atoms with van der Waals surface area (Å²) in [5.74, 6) is 6.22. The van der Waals surface area contributed by atoms with Crippen LogP contribution in [0.15, 0.2) is 181 Å². The van der Waals surface area contributed by atoms with Gasteiger partial charge >= 0.3 is 0 Å². The number of ether oxygens (including phenoxy) is 3. The molecule has 27 heteroatoms. The summed E-state index contributed by atoms with van der Waals surface area (Å²) in [5, 5.41) is 56.8. The number of aromatic nitrogens is 8. The molecule has 13 aromatic rings. The zero-order valence-corrected chi connectivity index (χ0v) is 77.7. The molecule has 0 radical (unpaired) electrons. The Morgan fingerprint density at radius 1 is 0.341 bits per heavy atom. The average Bonchev–Trinajstić information content (AvgIpc) is 1.67. The second kappa shape index (κ2) is 42.6. The number of pyridine rings is 5. The molecule has 7 aliphatic rings. The Kier molecular flexibility index (Phi) is 30.6. The molecule has 5 fully saturated rings. The molecule has 20 rings (SSSR count). The Morgan fingerprint density at radius 3 is 1.16 bits per heavy atom. The number of hydrogen-bond acceptors (Lipinski definition) is 17. The van der Waals surface area contributed by atoms with Crippen LogP contribution < -0.4 is 14.2 Å². The van der Waals surface area contributed by atoms with Crippen molar-refractivity contribution in [1.29, 1.82) is 0 Å². The predicted molar refractivity (Wildman–Crippen MR) is 513 cm³/mol. The van der Waals surface area contributed by atoms with Crippen LogP contribution in [-0.4, -0.2) is 114 Å². The van der Waals surface area contributed by atoms with Crippen molar-refractivity contribution in [2.75, 3.05) is 31.3 Å². The molecule has 8 aromatic heterocycles. The maximum Gasteiger partial charge on any atom is 0.180 e. The molecule has 20 nitrogen and oxygen atoms in total. The number of hydrogen-bond donors (Lipinski definition) is 8. The lowest BCUT2D eigenvalue weighted by Gasteiger charge is -2.22. The van der Waals surface area contributed by atoms with Crippen molar-refractivity contribution in [3.63, 3.8) is 0 Å². The fourth-order valence-corrected chi connectivity index (χ4v) is 24.6. The van der Waals surface area contributed by atoms with E-state index in [0.29, 0.717) is 86.9 Å². The van der Waals surface area contributed by atoms with Gasteiger partial charge in [-0.15, -0.1) is 0 Å². The maximum absolute atomic E-state index is 12.9. The highest BCUT2D eigenvalue weighted by molar-refractivity contribution is 7.91. The van der Waals surface area contributed by atoms with Crippen LogP contribution in [-0.2, 0) is 32.5 Å². The van der Waals surface area contributed by atoms with Crippen LogP contribution in [0.25, 0.3) is 66.1 Å². The van der Waals surface area contributed by atoms with E-state index in [-0.39, 0.29) is 63.1 Å². The third kappa shape index (κ3) is 22.4. The molecule has 7 aliphatic carbocycles. The highest BCUT2D eigenvalue weighted by Gasteiger charge is 2.34. The molecule has 8 heterocycles. The second-order valence-corrected chi connectivity index (χ2v) is 41.9.